The molecule has 0 aliphatic heterocycles. The van der Waals surface area contributed by atoms with Gasteiger partial charge in [0.25, 0.3) is 0 Å². The lowest BCUT2D eigenvalue weighted by atomic mass is 10.1. The maximum atomic E-state index is 11.2. The van der Waals surface area contributed by atoms with Crippen LogP contribution in [0.1, 0.15) is 31.4 Å². The van der Waals surface area contributed by atoms with Crippen LogP contribution in [0, 0.1) is 0 Å². The van der Waals surface area contributed by atoms with Crippen molar-refractivity contribution >= 4 is 5.97 Å². The predicted molar refractivity (Wildman–Crippen MR) is 60.4 cm³/mol. The van der Waals surface area contributed by atoms with Crippen LogP contribution in [0.25, 0.3) is 0 Å². The molecule has 0 radical (unpaired) electrons. The van der Waals surface area contributed by atoms with Gasteiger partial charge < -0.3 is 4.74 Å². The van der Waals surface area contributed by atoms with Gasteiger partial charge in [-0.3, -0.25) is 4.79 Å². The van der Waals surface area contributed by atoms with E-state index in [0.717, 1.165) is 5.56 Å². The van der Waals surface area contributed by atoms with Crippen LogP contribution in [0.3, 0.4) is 0 Å². The summed E-state index contributed by atoms with van der Waals surface area (Å²) < 4.78 is 5.32. The number of carbonyl (C=O) groups is 1. The topological polar surface area (TPSA) is 26.3 Å². The Morgan fingerprint density at radius 1 is 1.47 bits per heavy atom. The molecule has 80 valence electrons. The Morgan fingerprint density at radius 3 is 2.67 bits per heavy atom. The fourth-order valence-electron chi connectivity index (χ4n) is 1.31. The minimum Gasteiger partial charge on any atom is -0.457 e. The van der Waals surface area contributed by atoms with Crippen LogP contribution in [0.2, 0.25) is 0 Å². The van der Waals surface area contributed by atoms with E-state index in [9.17, 15) is 4.79 Å². The molecule has 0 fully saturated rings. The lowest BCUT2D eigenvalue weighted by Crippen LogP contribution is -2.09. The van der Waals surface area contributed by atoms with Gasteiger partial charge >= 0.3 is 5.97 Å². The Balaban J connectivity index is 2.74. The maximum Gasteiger partial charge on any atom is 0.306 e. The average molecular weight is 204 g/mol. The maximum absolute atomic E-state index is 11.2. The fourth-order valence-corrected chi connectivity index (χ4v) is 1.31. The molecule has 1 aromatic carbocycles. The minimum absolute atomic E-state index is 0.175. The summed E-state index contributed by atoms with van der Waals surface area (Å²) in [7, 11) is 0. The molecule has 0 aromatic heterocycles. The summed E-state index contributed by atoms with van der Waals surface area (Å²) in [5.41, 5.74) is 1.01. The Morgan fingerprint density at radius 2 is 2.13 bits per heavy atom. The highest BCUT2D eigenvalue weighted by atomic mass is 16.5. The first-order valence-electron chi connectivity index (χ1n) is 5.13. The smallest absolute Gasteiger partial charge is 0.306 e. The number of carbonyl (C=O) groups excluding carboxylic acids is 1. The molecule has 0 spiro atoms. The number of hydrogen-bond acceptors (Lipinski definition) is 2. The van der Waals surface area contributed by atoms with E-state index < -0.39 is 0 Å². The lowest BCUT2D eigenvalue weighted by molar-refractivity contribution is -0.148. The molecule has 1 atom stereocenters. The van der Waals surface area contributed by atoms with E-state index in [2.05, 4.69) is 6.58 Å². The largest absolute Gasteiger partial charge is 0.457 e. The van der Waals surface area contributed by atoms with E-state index >= 15 is 0 Å². The number of hydrogen-bond donors (Lipinski definition) is 0. The summed E-state index contributed by atoms with van der Waals surface area (Å²) in [6, 6.07) is 9.72. The molecule has 2 heteroatoms. The van der Waals surface area contributed by atoms with Gasteiger partial charge in [0.15, 0.2) is 0 Å². The van der Waals surface area contributed by atoms with E-state index in [4.69, 9.17) is 4.74 Å². The first-order chi connectivity index (χ1) is 7.27. The number of esters is 1. The summed E-state index contributed by atoms with van der Waals surface area (Å²) in [5, 5.41) is 0. The molecule has 1 rings (SSSR count). The minimum atomic E-state index is -0.198. The fraction of sp³-hybridized carbons (Fsp3) is 0.308. The monoisotopic (exact) mass is 204 g/mol. The second kappa shape index (κ2) is 6.02. The van der Waals surface area contributed by atoms with Crippen LogP contribution in [-0.4, -0.2) is 5.97 Å². The average Bonchev–Trinajstić information content (AvgIpc) is 2.29. The molecule has 15 heavy (non-hydrogen) atoms. The summed E-state index contributed by atoms with van der Waals surface area (Å²) in [5.74, 6) is -0.175. The molecule has 0 amide bonds. The SMILES string of the molecule is C=CCC(OC(=O)CC)c1ccccc1. The zero-order valence-electron chi connectivity index (χ0n) is 8.98. The van der Waals surface area contributed by atoms with Gasteiger partial charge in [-0.05, 0) is 5.56 Å². The van der Waals surface area contributed by atoms with E-state index in [0.29, 0.717) is 12.8 Å². The van der Waals surface area contributed by atoms with Crippen LogP contribution >= 0.6 is 0 Å². The molecular formula is C13H16O2. The van der Waals surface area contributed by atoms with Gasteiger partial charge in [-0.1, -0.05) is 43.3 Å². The van der Waals surface area contributed by atoms with Crippen molar-refractivity contribution in [3.63, 3.8) is 0 Å². The molecule has 1 aromatic rings. The quantitative estimate of drug-likeness (QED) is 0.543. The van der Waals surface area contributed by atoms with Gasteiger partial charge in [-0.2, -0.15) is 0 Å². The summed E-state index contributed by atoms with van der Waals surface area (Å²) in [6.45, 7) is 5.46. The molecular weight excluding hydrogens is 188 g/mol. The van der Waals surface area contributed by atoms with Crippen molar-refractivity contribution in [2.75, 3.05) is 0 Å². The third-order valence-electron chi connectivity index (χ3n) is 2.11. The van der Waals surface area contributed by atoms with Crippen molar-refractivity contribution in [2.45, 2.75) is 25.9 Å². The second-order valence-corrected chi connectivity index (χ2v) is 3.27. The zero-order chi connectivity index (χ0) is 11.1. The van der Waals surface area contributed by atoms with Crippen molar-refractivity contribution in [1.29, 1.82) is 0 Å². The van der Waals surface area contributed by atoms with E-state index in [1.165, 1.54) is 0 Å². The third-order valence-corrected chi connectivity index (χ3v) is 2.11. The van der Waals surface area contributed by atoms with Gasteiger partial charge in [-0.25, -0.2) is 0 Å². The first-order valence-corrected chi connectivity index (χ1v) is 5.13. The molecule has 0 aliphatic rings. The number of rotatable bonds is 5. The normalized spacial score (nSPS) is 11.8. The Labute approximate surface area is 90.6 Å². The van der Waals surface area contributed by atoms with Crippen molar-refractivity contribution in [2.24, 2.45) is 0 Å². The molecule has 0 saturated heterocycles. The zero-order valence-corrected chi connectivity index (χ0v) is 8.98. The predicted octanol–water partition coefficient (Wildman–Crippen LogP) is 3.26. The van der Waals surface area contributed by atoms with Gasteiger partial charge in [0.05, 0.1) is 0 Å². The summed E-state index contributed by atoms with van der Waals surface area (Å²) in [6.07, 6.45) is 2.62. The Kier molecular flexibility index (Phi) is 4.61. The van der Waals surface area contributed by atoms with Crippen LogP contribution in [0.15, 0.2) is 43.0 Å². The molecule has 0 bridgehead atoms. The van der Waals surface area contributed by atoms with Gasteiger partial charge in [-0.15, -0.1) is 6.58 Å². The van der Waals surface area contributed by atoms with Crippen molar-refractivity contribution in [1.82, 2.24) is 0 Å². The van der Waals surface area contributed by atoms with E-state index in [-0.39, 0.29) is 12.1 Å². The second-order valence-electron chi connectivity index (χ2n) is 3.27. The number of benzene rings is 1. The van der Waals surface area contributed by atoms with Crippen LogP contribution in [0.4, 0.5) is 0 Å². The lowest BCUT2D eigenvalue weighted by Gasteiger charge is -2.16. The molecule has 2 nitrogen and oxygen atoms in total. The van der Waals surface area contributed by atoms with Gasteiger partial charge in [0.1, 0.15) is 6.10 Å². The molecule has 1 unspecified atom stereocenters. The highest BCUT2D eigenvalue weighted by Gasteiger charge is 2.13. The van der Waals surface area contributed by atoms with Crippen molar-refractivity contribution in [3.05, 3.63) is 48.6 Å². The van der Waals surface area contributed by atoms with E-state index in [1.54, 1.807) is 13.0 Å². The molecule has 0 aliphatic carbocycles. The Hall–Kier alpha value is -1.57. The first kappa shape index (κ1) is 11.5. The van der Waals surface area contributed by atoms with Crippen molar-refractivity contribution < 1.29 is 9.53 Å². The Bertz CT molecular complexity index is 317. The molecule has 0 heterocycles. The highest BCUT2D eigenvalue weighted by molar-refractivity contribution is 5.69. The standard InChI is InChI=1S/C13H16O2/c1-3-8-12(15-13(14)4-2)11-9-6-5-7-10-11/h3,5-7,9-10,12H,1,4,8H2,2H3. The highest BCUT2D eigenvalue weighted by Crippen LogP contribution is 2.21. The number of ether oxygens (including phenoxy) is 1. The summed E-state index contributed by atoms with van der Waals surface area (Å²) in [4.78, 5) is 11.2. The summed E-state index contributed by atoms with van der Waals surface area (Å²) >= 11 is 0. The third kappa shape index (κ3) is 3.58. The van der Waals surface area contributed by atoms with Crippen LogP contribution in [0.5, 0.6) is 0 Å². The van der Waals surface area contributed by atoms with Crippen LogP contribution < -0.4 is 0 Å². The van der Waals surface area contributed by atoms with Gasteiger partial charge in [0, 0.05) is 12.8 Å². The van der Waals surface area contributed by atoms with E-state index in [1.807, 2.05) is 30.3 Å². The molecule has 0 N–H and O–H groups in total. The van der Waals surface area contributed by atoms with Gasteiger partial charge in [0.2, 0.25) is 0 Å². The van der Waals surface area contributed by atoms with Crippen LogP contribution in [-0.2, 0) is 9.53 Å². The van der Waals surface area contributed by atoms with Crippen molar-refractivity contribution in [3.8, 4) is 0 Å². The molecule has 0 saturated carbocycles.